The SMILES string of the molecule is COC(=O)CCc1ccc(OC2c3cc(OC)ccc3CC2(C)C)cc1. The molecule has 0 spiro atoms. The summed E-state index contributed by atoms with van der Waals surface area (Å²) in [5.41, 5.74) is 3.62. The topological polar surface area (TPSA) is 44.8 Å². The average molecular weight is 354 g/mol. The minimum atomic E-state index is -0.191. The van der Waals surface area contributed by atoms with Gasteiger partial charge in [-0.15, -0.1) is 0 Å². The molecule has 4 heteroatoms. The third kappa shape index (κ3) is 3.85. The van der Waals surface area contributed by atoms with Crippen molar-refractivity contribution >= 4 is 5.97 Å². The van der Waals surface area contributed by atoms with Crippen LogP contribution in [-0.2, 0) is 22.4 Å². The molecule has 0 saturated carbocycles. The van der Waals surface area contributed by atoms with Gasteiger partial charge in [0.05, 0.1) is 14.2 Å². The van der Waals surface area contributed by atoms with Crippen LogP contribution in [0.2, 0.25) is 0 Å². The molecule has 0 heterocycles. The third-order valence-corrected chi connectivity index (χ3v) is 5.01. The summed E-state index contributed by atoms with van der Waals surface area (Å²) in [4.78, 5) is 11.3. The van der Waals surface area contributed by atoms with Gasteiger partial charge in [-0.25, -0.2) is 0 Å². The first-order chi connectivity index (χ1) is 12.4. The van der Waals surface area contributed by atoms with Gasteiger partial charge in [0.2, 0.25) is 0 Å². The predicted octanol–water partition coefficient (Wildman–Crippen LogP) is 4.50. The second kappa shape index (κ2) is 7.40. The molecule has 0 saturated heterocycles. The Kier molecular flexibility index (Phi) is 5.21. The number of rotatable bonds is 6. The largest absolute Gasteiger partial charge is 0.497 e. The van der Waals surface area contributed by atoms with Crippen LogP contribution in [-0.4, -0.2) is 20.2 Å². The summed E-state index contributed by atoms with van der Waals surface area (Å²) in [6, 6.07) is 14.2. The monoisotopic (exact) mass is 354 g/mol. The van der Waals surface area contributed by atoms with Gasteiger partial charge in [0.1, 0.15) is 17.6 Å². The lowest BCUT2D eigenvalue weighted by molar-refractivity contribution is -0.140. The first-order valence-corrected chi connectivity index (χ1v) is 8.92. The molecule has 0 amide bonds. The molecule has 0 radical (unpaired) electrons. The van der Waals surface area contributed by atoms with Gasteiger partial charge < -0.3 is 14.2 Å². The molecule has 26 heavy (non-hydrogen) atoms. The predicted molar refractivity (Wildman–Crippen MR) is 101 cm³/mol. The maximum absolute atomic E-state index is 11.3. The van der Waals surface area contributed by atoms with E-state index in [0.717, 1.165) is 23.5 Å². The van der Waals surface area contributed by atoms with E-state index in [2.05, 4.69) is 30.7 Å². The van der Waals surface area contributed by atoms with E-state index in [1.165, 1.54) is 18.2 Å². The number of aryl methyl sites for hydroxylation is 1. The lowest BCUT2D eigenvalue weighted by Gasteiger charge is -2.28. The summed E-state index contributed by atoms with van der Waals surface area (Å²) in [6.45, 7) is 4.46. The summed E-state index contributed by atoms with van der Waals surface area (Å²) in [7, 11) is 3.10. The number of hydrogen-bond acceptors (Lipinski definition) is 4. The van der Waals surface area contributed by atoms with E-state index < -0.39 is 0 Å². The number of fused-ring (bicyclic) bond motifs is 1. The standard InChI is InChI=1S/C22H26O4/c1-22(2)14-16-8-11-18(24-3)13-19(16)21(22)26-17-9-5-15(6-10-17)7-12-20(23)25-4/h5-6,8-11,13,21H,7,12,14H2,1-4H3. The van der Waals surface area contributed by atoms with Crippen molar-refractivity contribution in [3.8, 4) is 11.5 Å². The number of carbonyl (C=O) groups is 1. The molecule has 0 fully saturated rings. The van der Waals surface area contributed by atoms with Crippen molar-refractivity contribution in [1.82, 2.24) is 0 Å². The Morgan fingerprint density at radius 3 is 2.42 bits per heavy atom. The van der Waals surface area contributed by atoms with Gasteiger partial charge in [0.25, 0.3) is 0 Å². The molecule has 3 rings (SSSR count). The minimum absolute atomic E-state index is 0.0122. The second-order valence-corrected chi connectivity index (χ2v) is 7.45. The van der Waals surface area contributed by atoms with Gasteiger partial charge >= 0.3 is 5.97 Å². The van der Waals surface area contributed by atoms with Crippen LogP contribution in [0, 0.1) is 5.41 Å². The number of benzene rings is 2. The van der Waals surface area contributed by atoms with E-state index in [4.69, 9.17) is 9.47 Å². The Morgan fingerprint density at radius 1 is 1.08 bits per heavy atom. The van der Waals surface area contributed by atoms with Crippen LogP contribution in [0.4, 0.5) is 0 Å². The van der Waals surface area contributed by atoms with Crippen molar-refractivity contribution in [3.05, 3.63) is 59.2 Å². The Bertz CT molecular complexity index is 777. The molecule has 0 aromatic heterocycles. The van der Waals surface area contributed by atoms with E-state index in [0.29, 0.717) is 12.8 Å². The van der Waals surface area contributed by atoms with E-state index in [1.807, 2.05) is 30.3 Å². The maximum atomic E-state index is 11.3. The fourth-order valence-electron chi connectivity index (χ4n) is 3.55. The molecule has 2 aromatic rings. The van der Waals surface area contributed by atoms with Gasteiger partial charge in [0.15, 0.2) is 0 Å². The van der Waals surface area contributed by atoms with Crippen molar-refractivity contribution in [2.24, 2.45) is 5.41 Å². The molecular formula is C22H26O4. The van der Waals surface area contributed by atoms with E-state index in [-0.39, 0.29) is 17.5 Å². The smallest absolute Gasteiger partial charge is 0.305 e. The fraction of sp³-hybridized carbons (Fsp3) is 0.409. The van der Waals surface area contributed by atoms with Crippen molar-refractivity contribution in [1.29, 1.82) is 0 Å². The molecular weight excluding hydrogens is 328 g/mol. The average Bonchev–Trinajstić information content (AvgIpc) is 2.90. The van der Waals surface area contributed by atoms with E-state index in [1.54, 1.807) is 7.11 Å². The van der Waals surface area contributed by atoms with Crippen molar-refractivity contribution < 1.29 is 19.0 Å². The summed E-state index contributed by atoms with van der Waals surface area (Å²) in [6.07, 6.45) is 2.02. The fourth-order valence-corrected chi connectivity index (χ4v) is 3.55. The van der Waals surface area contributed by atoms with Gasteiger partial charge in [-0.3, -0.25) is 4.79 Å². The zero-order valence-electron chi connectivity index (χ0n) is 15.9. The molecule has 0 N–H and O–H groups in total. The van der Waals surface area contributed by atoms with E-state index in [9.17, 15) is 4.79 Å². The number of ether oxygens (including phenoxy) is 3. The summed E-state index contributed by atoms with van der Waals surface area (Å²) in [5.74, 6) is 1.50. The highest BCUT2D eigenvalue weighted by molar-refractivity contribution is 5.69. The molecule has 138 valence electrons. The molecule has 1 unspecified atom stereocenters. The first-order valence-electron chi connectivity index (χ1n) is 8.92. The zero-order chi connectivity index (χ0) is 18.7. The Morgan fingerprint density at radius 2 is 1.77 bits per heavy atom. The Balaban J connectivity index is 1.75. The lowest BCUT2D eigenvalue weighted by Crippen LogP contribution is -2.22. The molecule has 1 aliphatic carbocycles. The second-order valence-electron chi connectivity index (χ2n) is 7.45. The highest BCUT2D eigenvalue weighted by atomic mass is 16.5. The molecule has 1 atom stereocenters. The van der Waals surface area contributed by atoms with Crippen LogP contribution in [0.15, 0.2) is 42.5 Å². The molecule has 0 aliphatic heterocycles. The normalized spacial score (nSPS) is 17.5. The van der Waals surface area contributed by atoms with Crippen LogP contribution >= 0.6 is 0 Å². The van der Waals surface area contributed by atoms with Gasteiger partial charge in [-0.2, -0.15) is 0 Å². The van der Waals surface area contributed by atoms with Gasteiger partial charge in [0, 0.05) is 11.8 Å². The number of esters is 1. The Hall–Kier alpha value is -2.49. The number of hydrogen-bond donors (Lipinski definition) is 0. The van der Waals surface area contributed by atoms with Gasteiger partial charge in [-0.05, 0) is 53.8 Å². The zero-order valence-corrected chi connectivity index (χ0v) is 15.9. The van der Waals surface area contributed by atoms with Crippen molar-refractivity contribution in [2.45, 2.75) is 39.2 Å². The Labute approximate surface area is 155 Å². The van der Waals surface area contributed by atoms with Crippen LogP contribution in [0.3, 0.4) is 0 Å². The number of methoxy groups -OCH3 is 2. The van der Waals surface area contributed by atoms with Gasteiger partial charge in [-0.1, -0.05) is 32.0 Å². The van der Waals surface area contributed by atoms with Crippen LogP contribution in [0.25, 0.3) is 0 Å². The van der Waals surface area contributed by atoms with E-state index >= 15 is 0 Å². The molecule has 2 aromatic carbocycles. The van der Waals surface area contributed by atoms with Crippen LogP contribution in [0.1, 0.15) is 43.1 Å². The molecule has 0 bridgehead atoms. The summed E-state index contributed by atoms with van der Waals surface area (Å²) < 4.78 is 16.4. The highest BCUT2D eigenvalue weighted by Gasteiger charge is 2.41. The molecule has 1 aliphatic rings. The van der Waals surface area contributed by atoms with Crippen LogP contribution in [0.5, 0.6) is 11.5 Å². The summed E-state index contributed by atoms with van der Waals surface area (Å²) >= 11 is 0. The third-order valence-electron chi connectivity index (χ3n) is 5.01. The maximum Gasteiger partial charge on any atom is 0.305 e. The molecule has 4 nitrogen and oxygen atoms in total. The van der Waals surface area contributed by atoms with Crippen molar-refractivity contribution in [2.75, 3.05) is 14.2 Å². The quantitative estimate of drug-likeness (QED) is 0.716. The number of carbonyl (C=O) groups excluding carboxylic acids is 1. The minimum Gasteiger partial charge on any atom is -0.497 e. The lowest BCUT2D eigenvalue weighted by atomic mass is 9.87. The summed E-state index contributed by atoms with van der Waals surface area (Å²) in [5, 5.41) is 0. The first kappa shape index (κ1) is 18.3. The van der Waals surface area contributed by atoms with Crippen molar-refractivity contribution in [3.63, 3.8) is 0 Å². The highest BCUT2D eigenvalue weighted by Crippen LogP contribution is 2.48. The van der Waals surface area contributed by atoms with Crippen LogP contribution < -0.4 is 9.47 Å².